The Morgan fingerprint density at radius 2 is 2.14 bits per heavy atom. The minimum atomic E-state index is -4.64. The molecule has 21 heavy (non-hydrogen) atoms. The third-order valence-corrected chi connectivity index (χ3v) is 2.71. The Morgan fingerprint density at radius 1 is 1.48 bits per heavy atom. The molecule has 0 aromatic heterocycles. The van der Waals surface area contributed by atoms with Crippen molar-refractivity contribution >= 4 is 11.6 Å². The van der Waals surface area contributed by atoms with Crippen LogP contribution in [-0.2, 0) is 15.7 Å². The van der Waals surface area contributed by atoms with Crippen LogP contribution in [0.1, 0.15) is 24.5 Å². The number of ether oxygens (including phenoxy) is 1. The van der Waals surface area contributed by atoms with Gasteiger partial charge in [-0.05, 0) is 24.1 Å². The number of nitrogens with one attached hydrogen (secondary N) is 1. The normalized spacial score (nSPS) is 12.6. The molecular weight excluding hydrogens is 285 g/mol. The van der Waals surface area contributed by atoms with Gasteiger partial charge in [0, 0.05) is 25.8 Å². The molecule has 1 N–H and O–H groups in total. The molecule has 1 aromatic rings. The van der Waals surface area contributed by atoms with E-state index in [1.54, 1.807) is 6.92 Å². The monoisotopic (exact) mass is 300 g/mol. The van der Waals surface area contributed by atoms with E-state index in [-0.39, 0.29) is 18.0 Å². The van der Waals surface area contributed by atoms with Gasteiger partial charge in [0.2, 0.25) is 5.91 Å². The van der Waals surface area contributed by atoms with E-state index in [4.69, 9.17) is 10.00 Å². The second-order valence-corrected chi connectivity index (χ2v) is 4.68. The van der Waals surface area contributed by atoms with E-state index in [9.17, 15) is 18.0 Å². The predicted molar refractivity (Wildman–Crippen MR) is 70.4 cm³/mol. The third-order valence-electron chi connectivity index (χ3n) is 2.71. The minimum absolute atomic E-state index is 0.0101. The Hall–Kier alpha value is -2.07. The number of nitriles is 1. The molecule has 0 fully saturated rings. The van der Waals surface area contributed by atoms with E-state index in [1.807, 2.05) is 0 Å². The Morgan fingerprint density at radius 3 is 2.67 bits per heavy atom. The van der Waals surface area contributed by atoms with E-state index in [0.29, 0.717) is 6.61 Å². The number of benzene rings is 1. The number of rotatable bonds is 5. The molecule has 7 heteroatoms. The van der Waals surface area contributed by atoms with Gasteiger partial charge in [-0.2, -0.15) is 18.4 Å². The SMILES string of the molecule is COCC(C)CC(=O)Nc1ccc(C#N)c(C(F)(F)F)c1. The maximum Gasteiger partial charge on any atom is 0.417 e. The summed E-state index contributed by atoms with van der Waals surface area (Å²) in [6.45, 7) is 2.18. The Labute approximate surface area is 120 Å². The molecular formula is C14H15F3N2O2. The summed E-state index contributed by atoms with van der Waals surface area (Å²) in [5, 5.41) is 11.1. The fraction of sp³-hybridized carbons (Fsp3) is 0.429. The maximum absolute atomic E-state index is 12.8. The molecule has 0 saturated carbocycles. The van der Waals surface area contributed by atoms with Gasteiger partial charge in [-0.3, -0.25) is 4.79 Å². The summed E-state index contributed by atoms with van der Waals surface area (Å²) in [5.74, 6) is -0.451. The number of carbonyl (C=O) groups excluding carboxylic acids is 1. The van der Waals surface area contributed by atoms with Gasteiger partial charge in [0.1, 0.15) is 0 Å². The summed E-state index contributed by atoms with van der Waals surface area (Å²) >= 11 is 0. The molecule has 0 heterocycles. The first-order chi connectivity index (χ1) is 9.77. The topological polar surface area (TPSA) is 62.1 Å². The van der Waals surface area contributed by atoms with E-state index in [1.165, 1.54) is 19.2 Å². The summed E-state index contributed by atoms with van der Waals surface area (Å²) in [6.07, 6.45) is -4.51. The van der Waals surface area contributed by atoms with E-state index < -0.39 is 23.2 Å². The van der Waals surface area contributed by atoms with Crippen molar-refractivity contribution < 1.29 is 22.7 Å². The molecule has 1 unspecified atom stereocenters. The molecule has 1 atom stereocenters. The Bertz CT molecular complexity index is 550. The van der Waals surface area contributed by atoms with Crippen LogP contribution in [0, 0.1) is 17.2 Å². The zero-order valence-electron chi connectivity index (χ0n) is 11.6. The number of amides is 1. The largest absolute Gasteiger partial charge is 0.417 e. The number of anilines is 1. The lowest BCUT2D eigenvalue weighted by Gasteiger charge is -2.13. The summed E-state index contributed by atoms with van der Waals surface area (Å²) in [5.41, 5.74) is -1.53. The number of halogens is 3. The average molecular weight is 300 g/mol. The van der Waals surface area contributed by atoms with Crippen molar-refractivity contribution in [1.29, 1.82) is 5.26 Å². The van der Waals surface area contributed by atoms with Gasteiger partial charge >= 0.3 is 6.18 Å². The molecule has 0 aliphatic carbocycles. The van der Waals surface area contributed by atoms with Crippen LogP contribution >= 0.6 is 0 Å². The zero-order valence-corrected chi connectivity index (χ0v) is 11.6. The summed E-state index contributed by atoms with van der Waals surface area (Å²) in [7, 11) is 1.50. The molecule has 1 amide bonds. The van der Waals surface area contributed by atoms with Crippen LogP contribution in [0.15, 0.2) is 18.2 Å². The van der Waals surface area contributed by atoms with Gasteiger partial charge in [0.05, 0.1) is 17.2 Å². The quantitative estimate of drug-likeness (QED) is 0.908. The van der Waals surface area contributed by atoms with Crippen LogP contribution in [0.5, 0.6) is 0 Å². The number of hydrogen-bond acceptors (Lipinski definition) is 3. The minimum Gasteiger partial charge on any atom is -0.384 e. The maximum atomic E-state index is 12.8. The van der Waals surface area contributed by atoms with Crippen molar-refractivity contribution in [2.75, 3.05) is 19.0 Å². The van der Waals surface area contributed by atoms with Crippen molar-refractivity contribution in [3.8, 4) is 6.07 Å². The van der Waals surface area contributed by atoms with Gasteiger partial charge < -0.3 is 10.1 Å². The highest BCUT2D eigenvalue weighted by molar-refractivity contribution is 5.91. The molecule has 4 nitrogen and oxygen atoms in total. The van der Waals surface area contributed by atoms with Crippen LogP contribution in [0.4, 0.5) is 18.9 Å². The smallest absolute Gasteiger partial charge is 0.384 e. The number of methoxy groups -OCH3 is 1. The second-order valence-electron chi connectivity index (χ2n) is 4.68. The fourth-order valence-electron chi connectivity index (χ4n) is 1.83. The molecule has 0 bridgehead atoms. The molecule has 1 rings (SSSR count). The van der Waals surface area contributed by atoms with Crippen molar-refractivity contribution in [3.63, 3.8) is 0 Å². The molecule has 1 aromatic carbocycles. The zero-order chi connectivity index (χ0) is 16.0. The number of alkyl halides is 3. The highest BCUT2D eigenvalue weighted by Gasteiger charge is 2.33. The third kappa shape index (κ3) is 5.08. The molecule has 114 valence electrons. The average Bonchev–Trinajstić information content (AvgIpc) is 2.37. The van der Waals surface area contributed by atoms with Crippen LogP contribution < -0.4 is 5.32 Å². The molecule has 0 radical (unpaired) electrons. The van der Waals surface area contributed by atoms with Crippen molar-refractivity contribution in [2.24, 2.45) is 5.92 Å². The van der Waals surface area contributed by atoms with Gasteiger partial charge in [-0.25, -0.2) is 0 Å². The summed E-state index contributed by atoms with van der Waals surface area (Å²) < 4.78 is 43.2. The predicted octanol–water partition coefficient (Wildman–Crippen LogP) is 3.19. The lowest BCUT2D eigenvalue weighted by atomic mass is 10.1. The molecule has 0 saturated heterocycles. The van der Waals surface area contributed by atoms with Crippen LogP contribution in [0.3, 0.4) is 0 Å². The van der Waals surface area contributed by atoms with Crippen LogP contribution in [-0.4, -0.2) is 19.6 Å². The fourth-order valence-corrected chi connectivity index (χ4v) is 1.83. The van der Waals surface area contributed by atoms with Gasteiger partial charge in [-0.15, -0.1) is 0 Å². The number of nitrogens with zero attached hydrogens (tertiary/aromatic N) is 1. The van der Waals surface area contributed by atoms with Crippen molar-refractivity contribution in [3.05, 3.63) is 29.3 Å². The highest BCUT2D eigenvalue weighted by Crippen LogP contribution is 2.33. The summed E-state index contributed by atoms with van der Waals surface area (Å²) in [4.78, 5) is 11.7. The Balaban J connectivity index is 2.86. The van der Waals surface area contributed by atoms with Gasteiger partial charge in [-0.1, -0.05) is 6.92 Å². The van der Waals surface area contributed by atoms with Crippen molar-refractivity contribution in [1.82, 2.24) is 0 Å². The molecule has 0 aliphatic rings. The molecule has 0 spiro atoms. The first-order valence-corrected chi connectivity index (χ1v) is 6.18. The van der Waals surface area contributed by atoms with Crippen molar-refractivity contribution in [2.45, 2.75) is 19.5 Å². The van der Waals surface area contributed by atoms with Gasteiger partial charge in [0.15, 0.2) is 0 Å². The molecule has 0 aliphatic heterocycles. The van der Waals surface area contributed by atoms with E-state index in [0.717, 1.165) is 12.1 Å². The van der Waals surface area contributed by atoms with E-state index >= 15 is 0 Å². The first kappa shape index (κ1) is 17.0. The van der Waals surface area contributed by atoms with E-state index in [2.05, 4.69) is 5.32 Å². The highest BCUT2D eigenvalue weighted by atomic mass is 19.4. The van der Waals surface area contributed by atoms with Gasteiger partial charge in [0.25, 0.3) is 0 Å². The van der Waals surface area contributed by atoms with Crippen LogP contribution in [0.2, 0.25) is 0 Å². The first-order valence-electron chi connectivity index (χ1n) is 6.18. The lowest BCUT2D eigenvalue weighted by molar-refractivity contribution is -0.137. The van der Waals surface area contributed by atoms with Crippen LogP contribution in [0.25, 0.3) is 0 Å². The number of carbonyl (C=O) groups is 1. The number of hydrogen-bond donors (Lipinski definition) is 1. The Kier molecular flexibility index (Phi) is 5.73. The summed E-state index contributed by atoms with van der Waals surface area (Å²) in [6, 6.07) is 4.55. The standard InChI is InChI=1S/C14H15F3N2O2/c1-9(8-21-2)5-13(20)19-11-4-3-10(7-18)12(6-11)14(15,16)17/h3-4,6,9H,5,8H2,1-2H3,(H,19,20). The lowest BCUT2D eigenvalue weighted by Crippen LogP contribution is -2.18. The second kappa shape index (κ2) is 7.09.